The number of rotatable bonds is 5. The van der Waals surface area contributed by atoms with Gasteiger partial charge in [0.05, 0.1) is 17.6 Å². The fourth-order valence-corrected chi connectivity index (χ4v) is 5.69. The summed E-state index contributed by atoms with van der Waals surface area (Å²) in [5, 5.41) is 20.8. The minimum atomic E-state index is -0.00913. The van der Waals surface area contributed by atoms with Gasteiger partial charge in [-0.3, -0.25) is 4.79 Å². The van der Waals surface area contributed by atoms with Crippen LogP contribution in [-0.2, 0) is 0 Å². The molecule has 0 unspecified atom stereocenters. The summed E-state index contributed by atoms with van der Waals surface area (Å²) in [6.45, 7) is 7.61. The van der Waals surface area contributed by atoms with E-state index in [1.807, 2.05) is 55.5 Å². The molecule has 6 aromatic rings. The van der Waals surface area contributed by atoms with Crippen LogP contribution in [0.4, 0.5) is 0 Å². The number of phenols is 1. The smallest absolute Gasteiger partial charge is 0.161 e. The molecule has 0 atom stereocenters. The highest BCUT2D eigenvalue weighted by atomic mass is 16.3. The molecule has 0 aliphatic heterocycles. The Hall–Kier alpha value is -4.96. The molecule has 0 saturated carbocycles. The monoisotopic (exact) mass is 522 g/mol. The number of nitrogens with zero attached hydrogens (tertiary/aromatic N) is 2. The van der Waals surface area contributed by atoms with Gasteiger partial charge in [0.1, 0.15) is 5.75 Å². The summed E-state index contributed by atoms with van der Waals surface area (Å²) in [4.78, 5) is 12.4. The number of aromatic hydroxyl groups is 1. The van der Waals surface area contributed by atoms with Crippen LogP contribution < -0.4 is 0 Å². The Kier molecular flexibility index (Phi) is 6.31. The van der Waals surface area contributed by atoms with Crippen LogP contribution >= 0.6 is 0 Å². The van der Waals surface area contributed by atoms with Gasteiger partial charge >= 0.3 is 0 Å². The molecular formula is C36H30N2O2. The molecule has 6 rings (SSSR count). The maximum absolute atomic E-state index is 12.4. The molecule has 0 bridgehead atoms. The van der Waals surface area contributed by atoms with E-state index in [0.29, 0.717) is 11.1 Å². The van der Waals surface area contributed by atoms with Crippen molar-refractivity contribution in [2.45, 2.75) is 27.7 Å². The molecule has 4 nitrogen and oxygen atoms in total. The molecule has 40 heavy (non-hydrogen) atoms. The summed E-state index contributed by atoms with van der Waals surface area (Å²) < 4.78 is 1.80. The van der Waals surface area contributed by atoms with E-state index < -0.39 is 0 Å². The van der Waals surface area contributed by atoms with E-state index in [9.17, 15) is 9.90 Å². The van der Waals surface area contributed by atoms with Crippen molar-refractivity contribution >= 4 is 33.5 Å². The van der Waals surface area contributed by atoms with Gasteiger partial charge in [0, 0.05) is 27.8 Å². The van der Waals surface area contributed by atoms with Gasteiger partial charge in [0.2, 0.25) is 0 Å². The number of fused-ring (bicyclic) bond motifs is 2. The summed E-state index contributed by atoms with van der Waals surface area (Å²) in [5.74, 6) is 0.155. The van der Waals surface area contributed by atoms with Gasteiger partial charge in [0.15, 0.2) is 5.78 Å². The number of phenolic OH excluding ortho intramolecular Hbond substituents is 1. The average Bonchev–Trinajstić information content (AvgIpc) is 3.27. The summed E-state index contributed by atoms with van der Waals surface area (Å²) in [6.07, 6.45) is 1.68. The van der Waals surface area contributed by atoms with Crippen LogP contribution in [0.3, 0.4) is 0 Å². The molecule has 0 aliphatic rings. The maximum Gasteiger partial charge on any atom is 0.161 e. The van der Waals surface area contributed by atoms with Crippen molar-refractivity contribution < 1.29 is 9.90 Å². The van der Waals surface area contributed by atoms with E-state index >= 15 is 0 Å². The molecule has 0 fully saturated rings. The van der Waals surface area contributed by atoms with Crippen molar-refractivity contribution in [2.24, 2.45) is 5.10 Å². The van der Waals surface area contributed by atoms with Crippen LogP contribution in [0.1, 0.15) is 39.7 Å². The van der Waals surface area contributed by atoms with Crippen molar-refractivity contribution in [1.82, 2.24) is 4.68 Å². The molecule has 0 aliphatic carbocycles. The largest absolute Gasteiger partial charge is 0.507 e. The SMILES string of the molecule is CC(=O)c1cc(-c2ccc(C)cc2C)n(/N=C/c2cccc(-c3c4ccccc4cc4ccccc34)c2O)c1C. The summed E-state index contributed by atoms with van der Waals surface area (Å²) in [5.41, 5.74) is 7.87. The van der Waals surface area contributed by atoms with Crippen molar-refractivity contribution in [3.05, 3.63) is 125 Å². The summed E-state index contributed by atoms with van der Waals surface area (Å²) >= 11 is 0. The Labute approximate surface area is 233 Å². The highest BCUT2D eigenvalue weighted by Crippen LogP contribution is 2.41. The molecule has 1 aromatic heterocycles. The lowest BCUT2D eigenvalue weighted by Gasteiger charge is -2.14. The lowest BCUT2D eigenvalue weighted by atomic mass is 9.91. The maximum atomic E-state index is 12.4. The van der Waals surface area contributed by atoms with Crippen LogP contribution in [0, 0.1) is 20.8 Å². The normalized spacial score (nSPS) is 11.6. The molecule has 1 heterocycles. The zero-order valence-electron chi connectivity index (χ0n) is 23.1. The molecular weight excluding hydrogens is 492 g/mol. The zero-order valence-corrected chi connectivity index (χ0v) is 23.1. The average molecular weight is 523 g/mol. The van der Waals surface area contributed by atoms with Crippen molar-refractivity contribution in [2.75, 3.05) is 0 Å². The topological polar surface area (TPSA) is 54.6 Å². The quantitative estimate of drug-likeness (QED) is 0.140. The van der Waals surface area contributed by atoms with Crippen molar-refractivity contribution in [3.63, 3.8) is 0 Å². The van der Waals surface area contributed by atoms with Gasteiger partial charge in [0.25, 0.3) is 0 Å². The number of carbonyl (C=O) groups excluding carboxylic acids is 1. The van der Waals surface area contributed by atoms with E-state index in [4.69, 9.17) is 5.10 Å². The van der Waals surface area contributed by atoms with Crippen molar-refractivity contribution in [3.8, 4) is 28.1 Å². The minimum absolute atomic E-state index is 0.00913. The Balaban J connectivity index is 1.52. The number of hydrogen-bond acceptors (Lipinski definition) is 3. The second kappa shape index (κ2) is 9.97. The van der Waals surface area contributed by atoms with Gasteiger partial charge in [-0.1, -0.05) is 84.4 Å². The number of ketones is 1. The summed E-state index contributed by atoms with van der Waals surface area (Å²) in [6, 6.07) is 32.6. The van der Waals surface area contributed by atoms with E-state index in [0.717, 1.165) is 55.2 Å². The van der Waals surface area contributed by atoms with E-state index in [1.165, 1.54) is 5.56 Å². The zero-order chi connectivity index (χ0) is 28.0. The fraction of sp³-hybridized carbons (Fsp3) is 0.111. The Bertz CT molecular complexity index is 1920. The highest BCUT2D eigenvalue weighted by molar-refractivity contribution is 6.14. The second-order valence-corrected chi connectivity index (χ2v) is 10.4. The molecule has 0 spiro atoms. The first-order valence-corrected chi connectivity index (χ1v) is 13.4. The molecule has 5 aromatic carbocycles. The predicted molar refractivity (Wildman–Crippen MR) is 166 cm³/mol. The van der Waals surface area contributed by atoms with E-state index in [2.05, 4.69) is 62.4 Å². The fourth-order valence-electron chi connectivity index (χ4n) is 5.69. The molecule has 4 heteroatoms. The van der Waals surface area contributed by atoms with E-state index in [-0.39, 0.29) is 11.5 Å². The standard InChI is InChI=1S/C36H30N2O2/c1-22-16-17-29(23(2)18-22)34-20-33(25(4)39)24(3)38(34)37-21-28-12-9-15-32(36(28)40)35-30-13-7-5-10-26(30)19-27-11-6-8-14-31(27)35/h5-21,40H,1-4H3/b37-21+. The third kappa shape index (κ3) is 4.28. The van der Waals surface area contributed by atoms with Crippen LogP contribution in [0.2, 0.25) is 0 Å². The first-order valence-electron chi connectivity index (χ1n) is 13.4. The van der Waals surface area contributed by atoms with Crippen LogP contribution in [-0.4, -0.2) is 21.8 Å². The Morgan fingerprint density at radius 3 is 2.10 bits per heavy atom. The van der Waals surface area contributed by atoms with Crippen LogP contribution in [0.25, 0.3) is 43.9 Å². The number of hydrogen-bond donors (Lipinski definition) is 1. The van der Waals surface area contributed by atoms with Gasteiger partial charge < -0.3 is 5.11 Å². The molecule has 0 amide bonds. The number of aryl methyl sites for hydroxylation is 2. The van der Waals surface area contributed by atoms with E-state index in [1.54, 1.807) is 17.8 Å². The minimum Gasteiger partial charge on any atom is -0.507 e. The van der Waals surface area contributed by atoms with Gasteiger partial charge in [-0.2, -0.15) is 5.10 Å². The Morgan fingerprint density at radius 2 is 1.45 bits per heavy atom. The number of aromatic nitrogens is 1. The highest BCUT2D eigenvalue weighted by Gasteiger charge is 2.18. The lowest BCUT2D eigenvalue weighted by Crippen LogP contribution is -2.00. The Morgan fingerprint density at radius 1 is 0.775 bits per heavy atom. The number of carbonyl (C=O) groups is 1. The number of benzene rings is 5. The predicted octanol–water partition coefficient (Wildman–Crippen LogP) is 8.84. The lowest BCUT2D eigenvalue weighted by molar-refractivity contribution is 0.101. The first kappa shape index (κ1) is 25.3. The molecule has 1 N–H and O–H groups in total. The molecule has 0 saturated heterocycles. The van der Waals surface area contributed by atoms with Gasteiger partial charge in [-0.05, 0) is 73.0 Å². The third-order valence-electron chi connectivity index (χ3n) is 7.67. The van der Waals surface area contributed by atoms with Gasteiger partial charge in [-0.25, -0.2) is 4.68 Å². The molecule has 196 valence electrons. The van der Waals surface area contributed by atoms with Crippen LogP contribution in [0.15, 0.2) is 102 Å². The van der Waals surface area contributed by atoms with Crippen LogP contribution in [0.5, 0.6) is 5.75 Å². The van der Waals surface area contributed by atoms with Crippen molar-refractivity contribution in [1.29, 1.82) is 0 Å². The van der Waals surface area contributed by atoms with Gasteiger partial charge in [-0.15, -0.1) is 0 Å². The third-order valence-corrected chi connectivity index (χ3v) is 7.67. The molecule has 0 radical (unpaired) electrons. The number of para-hydroxylation sites is 1. The second-order valence-electron chi connectivity index (χ2n) is 10.4. The first-order chi connectivity index (χ1) is 19.3. The number of Topliss-reactive ketones (excluding diaryl/α,β-unsaturated/α-hetero) is 1. The summed E-state index contributed by atoms with van der Waals surface area (Å²) in [7, 11) is 0.